The molecule has 0 fully saturated rings. The van der Waals surface area contributed by atoms with Crippen molar-refractivity contribution in [1.29, 1.82) is 0 Å². The molecule has 110 valence electrons. The van der Waals surface area contributed by atoms with E-state index in [0.717, 1.165) is 0 Å². The smallest absolute Gasteiger partial charge is 0.290 e. The van der Waals surface area contributed by atoms with Crippen LogP contribution in [0.1, 0.15) is 23.5 Å². The van der Waals surface area contributed by atoms with E-state index in [-0.39, 0.29) is 0 Å². The Kier molecular flexibility index (Phi) is 4.68. The SMILES string of the molecule is O=C(C[C@H](c1ccccc1)c1ccc(Cl)cc1)C(F)(F)F. The third kappa shape index (κ3) is 4.08. The lowest BCUT2D eigenvalue weighted by Crippen LogP contribution is -2.25. The van der Waals surface area contributed by atoms with Crippen molar-refractivity contribution >= 4 is 17.4 Å². The van der Waals surface area contributed by atoms with Crippen molar-refractivity contribution in [3.63, 3.8) is 0 Å². The lowest BCUT2D eigenvalue weighted by molar-refractivity contribution is -0.171. The van der Waals surface area contributed by atoms with Crippen molar-refractivity contribution in [3.05, 3.63) is 70.7 Å². The fourth-order valence-electron chi connectivity index (χ4n) is 2.11. The van der Waals surface area contributed by atoms with Crippen LogP contribution < -0.4 is 0 Å². The zero-order valence-corrected chi connectivity index (χ0v) is 11.7. The highest BCUT2D eigenvalue weighted by molar-refractivity contribution is 6.30. The maximum absolute atomic E-state index is 12.5. The molecule has 2 aromatic carbocycles. The highest BCUT2D eigenvalue weighted by atomic mass is 35.5. The minimum atomic E-state index is -4.82. The van der Waals surface area contributed by atoms with Gasteiger partial charge in [-0.3, -0.25) is 4.79 Å². The number of ketones is 1. The van der Waals surface area contributed by atoms with E-state index in [2.05, 4.69) is 0 Å². The van der Waals surface area contributed by atoms with Crippen LogP contribution in [0.25, 0.3) is 0 Å². The van der Waals surface area contributed by atoms with Gasteiger partial charge in [-0.1, -0.05) is 54.1 Å². The topological polar surface area (TPSA) is 17.1 Å². The third-order valence-corrected chi connectivity index (χ3v) is 3.43. The summed E-state index contributed by atoms with van der Waals surface area (Å²) in [7, 11) is 0. The first kappa shape index (κ1) is 15.6. The van der Waals surface area contributed by atoms with Gasteiger partial charge in [0.25, 0.3) is 0 Å². The molecule has 0 unspecified atom stereocenters. The Morgan fingerprint density at radius 1 is 0.952 bits per heavy atom. The van der Waals surface area contributed by atoms with Gasteiger partial charge in [0.05, 0.1) is 0 Å². The van der Waals surface area contributed by atoms with Gasteiger partial charge in [-0.2, -0.15) is 13.2 Å². The molecule has 0 radical (unpaired) electrons. The Bertz CT molecular complexity index is 606. The molecule has 0 aliphatic heterocycles. The summed E-state index contributed by atoms with van der Waals surface area (Å²) in [6.07, 6.45) is -5.44. The largest absolute Gasteiger partial charge is 0.450 e. The summed E-state index contributed by atoms with van der Waals surface area (Å²) in [6, 6.07) is 15.1. The number of rotatable bonds is 4. The molecule has 1 nitrogen and oxygen atoms in total. The highest BCUT2D eigenvalue weighted by Crippen LogP contribution is 2.32. The van der Waals surface area contributed by atoms with Gasteiger partial charge in [-0.05, 0) is 23.3 Å². The van der Waals surface area contributed by atoms with Gasteiger partial charge in [-0.15, -0.1) is 0 Å². The van der Waals surface area contributed by atoms with Gasteiger partial charge in [0.15, 0.2) is 0 Å². The van der Waals surface area contributed by atoms with Crippen molar-refractivity contribution in [3.8, 4) is 0 Å². The standard InChI is InChI=1S/C16H12ClF3O/c17-13-8-6-12(7-9-13)14(10-15(21)16(18,19)20)11-4-2-1-3-5-11/h1-9,14H,10H2/t14-/m1/s1. The molecule has 0 saturated carbocycles. The lowest BCUT2D eigenvalue weighted by atomic mass is 9.87. The molecular formula is C16H12ClF3O. The molecule has 0 heterocycles. The Hall–Kier alpha value is -1.81. The van der Waals surface area contributed by atoms with Gasteiger partial charge < -0.3 is 0 Å². The predicted octanol–water partition coefficient (Wildman–Crippen LogP) is 4.99. The minimum Gasteiger partial charge on any atom is -0.290 e. The third-order valence-electron chi connectivity index (χ3n) is 3.18. The average molecular weight is 313 g/mol. The second kappa shape index (κ2) is 6.31. The van der Waals surface area contributed by atoms with E-state index in [1.54, 1.807) is 54.6 Å². The number of carbonyl (C=O) groups is 1. The van der Waals surface area contributed by atoms with Crippen LogP contribution in [-0.2, 0) is 4.79 Å². The molecule has 0 saturated heterocycles. The van der Waals surface area contributed by atoms with E-state index in [1.807, 2.05) is 0 Å². The monoisotopic (exact) mass is 312 g/mol. The number of hydrogen-bond donors (Lipinski definition) is 0. The maximum atomic E-state index is 12.5. The number of halogens is 4. The van der Waals surface area contributed by atoms with Crippen molar-refractivity contribution in [2.75, 3.05) is 0 Å². The van der Waals surface area contributed by atoms with Crippen LogP contribution in [0, 0.1) is 0 Å². The highest BCUT2D eigenvalue weighted by Gasteiger charge is 2.39. The molecule has 21 heavy (non-hydrogen) atoms. The van der Waals surface area contributed by atoms with E-state index in [4.69, 9.17) is 11.6 Å². The molecule has 1 atom stereocenters. The molecule has 0 aliphatic carbocycles. The molecule has 5 heteroatoms. The van der Waals surface area contributed by atoms with E-state index >= 15 is 0 Å². The number of benzene rings is 2. The van der Waals surface area contributed by atoms with Gasteiger partial charge in [0.1, 0.15) is 0 Å². The van der Waals surface area contributed by atoms with Gasteiger partial charge in [0.2, 0.25) is 5.78 Å². The number of Topliss-reactive ketones (excluding diaryl/α,β-unsaturated/α-hetero) is 1. The number of hydrogen-bond acceptors (Lipinski definition) is 1. The first-order chi connectivity index (χ1) is 9.88. The van der Waals surface area contributed by atoms with Crippen molar-refractivity contribution in [1.82, 2.24) is 0 Å². The van der Waals surface area contributed by atoms with E-state index in [0.29, 0.717) is 16.1 Å². The first-order valence-electron chi connectivity index (χ1n) is 6.28. The number of alkyl halides is 3. The van der Waals surface area contributed by atoms with Crippen LogP contribution >= 0.6 is 11.6 Å². The second-order valence-corrected chi connectivity index (χ2v) is 5.08. The minimum absolute atomic E-state index is 0.493. The van der Waals surface area contributed by atoms with Crippen molar-refractivity contribution in [2.24, 2.45) is 0 Å². The summed E-state index contributed by atoms with van der Waals surface area (Å²) >= 11 is 5.79. The molecule has 0 spiro atoms. The molecular weight excluding hydrogens is 301 g/mol. The normalized spacial score (nSPS) is 13.0. The summed E-state index contributed by atoms with van der Waals surface area (Å²) < 4.78 is 37.6. The fraction of sp³-hybridized carbons (Fsp3) is 0.188. The van der Waals surface area contributed by atoms with Crippen LogP contribution in [-0.4, -0.2) is 12.0 Å². The molecule has 0 N–H and O–H groups in total. The quantitative estimate of drug-likeness (QED) is 0.777. The Balaban J connectivity index is 2.36. The van der Waals surface area contributed by atoms with Gasteiger partial charge in [0, 0.05) is 17.4 Å². The Morgan fingerprint density at radius 2 is 1.48 bits per heavy atom. The molecule has 0 bridgehead atoms. The van der Waals surface area contributed by atoms with Crippen molar-refractivity contribution < 1.29 is 18.0 Å². The zero-order chi connectivity index (χ0) is 15.5. The summed E-state index contributed by atoms with van der Waals surface area (Å²) in [5.41, 5.74) is 1.29. The van der Waals surface area contributed by atoms with Gasteiger partial charge in [-0.25, -0.2) is 0 Å². The molecule has 0 aliphatic rings. The van der Waals surface area contributed by atoms with Crippen LogP contribution in [0.15, 0.2) is 54.6 Å². The van der Waals surface area contributed by atoms with Crippen LogP contribution in [0.2, 0.25) is 5.02 Å². The van der Waals surface area contributed by atoms with Crippen LogP contribution in [0.3, 0.4) is 0 Å². The van der Waals surface area contributed by atoms with Crippen LogP contribution in [0.4, 0.5) is 13.2 Å². The first-order valence-corrected chi connectivity index (χ1v) is 6.66. The number of carbonyl (C=O) groups excluding carboxylic acids is 1. The van der Waals surface area contributed by atoms with Crippen molar-refractivity contribution in [2.45, 2.75) is 18.5 Å². The maximum Gasteiger partial charge on any atom is 0.450 e. The zero-order valence-electron chi connectivity index (χ0n) is 10.9. The summed E-state index contributed by atoms with van der Waals surface area (Å²) in [4.78, 5) is 11.3. The average Bonchev–Trinajstić information content (AvgIpc) is 2.45. The predicted molar refractivity (Wildman–Crippen MR) is 75.4 cm³/mol. The summed E-state index contributed by atoms with van der Waals surface area (Å²) in [5, 5.41) is 0.493. The molecule has 0 aromatic heterocycles. The lowest BCUT2D eigenvalue weighted by Gasteiger charge is -2.18. The Labute approximate surface area is 125 Å². The van der Waals surface area contributed by atoms with Crippen LogP contribution in [0.5, 0.6) is 0 Å². The second-order valence-electron chi connectivity index (χ2n) is 4.64. The summed E-state index contributed by atoms with van der Waals surface area (Å²) in [6.45, 7) is 0. The Morgan fingerprint density at radius 3 is 2.00 bits per heavy atom. The molecule has 0 amide bonds. The molecule has 2 rings (SSSR count). The molecule has 2 aromatic rings. The van der Waals surface area contributed by atoms with E-state index in [9.17, 15) is 18.0 Å². The summed E-state index contributed by atoms with van der Waals surface area (Å²) in [5.74, 6) is -2.37. The van der Waals surface area contributed by atoms with Gasteiger partial charge >= 0.3 is 6.18 Å². The van der Waals surface area contributed by atoms with E-state index < -0.39 is 24.3 Å². The van der Waals surface area contributed by atoms with E-state index in [1.165, 1.54) is 0 Å². The fourth-order valence-corrected chi connectivity index (χ4v) is 2.24.